The number of benzene rings is 1. The van der Waals surface area contributed by atoms with Crippen LogP contribution in [0, 0.1) is 0 Å². The average Bonchev–Trinajstić information content (AvgIpc) is 2.73. The maximum atomic E-state index is 6.06. The highest BCUT2D eigenvalue weighted by Crippen LogP contribution is 2.38. The lowest BCUT2D eigenvalue weighted by Crippen LogP contribution is -1.92. The zero-order valence-corrected chi connectivity index (χ0v) is 10.3. The van der Waals surface area contributed by atoms with Gasteiger partial charge >= 0.3 is 0 Å². The molecule has 2 aromatic rings. The summed E-state index contributed by atoms with van der Waals surface area (Å²) in [6.07, 6.45) is 0. The van der Waals surface area contributed by atoms with E-state index in [4.69, 9.17) is 45.1 Å². The van der Waals surface area contributed by atoms with Gasteiger partial charge in [0.2, 0.25) is 0 Å². The van der Waals surface area contributed by atoms with Crippen molar-refractivity contribution in [3.05, 3.63) is 39.0 Å². The number of nitrogens with zero attached hydrogens (tertiary/aromatic N) is 1. The van der Waals surface area contributed by atoms with Gasteiger partial charge in [0.25, 0.3) is 0 Å². The van der Waals surface area contributed by atoms with Crippen LogP contribution in [0.5, 0.6) is 0 Å². The number of aromatic nitrogens is 1. The van der Waals surface area contributed by atoms with Gasteiger partial charge in [0.05, 0.1) is 21.6 Å². The summed E-state index contributed by atoms with van der Waals surface area (Å²) in [4.78, 5) is 0. The van der Waals surface area contributed by atoms with Crippen LogP contribution in [0.15, 0.2) is 22.7 Å². The molecule has 3 nitrogen and oxygen atoms in total. The Labute approximate surface area is 107 Å². The lowest BCUT2D eigenvalue weighted by atomic mass is 10.1. The van der Waals surface area contributed by atoms with E-state index in [0.717, 1.165) is 0 Å². The quantitative estimate of drug-likeness (QED) is 0.850. The fourth-order valence-corrected chi connectivity index (χ4v) is 2.01. The van der Waals surface area contributed by atoms with Crippen molar-refractivity contribution in [2.45, 2.75) is 6.54 Å². The molecule has 0 atom stereocenters. The third-order valence-corrected chi connectivity index (χ3v) is 3.18. The molecule has 2 N–H and O–H groups in total. The second-order valence-corrected chi connectivity index (χ2v) is 4.29. The first-order valence-corrected chi connectivity index (χ1v) is 5.56. The molecule has 0 saturated carbocycles. The Morgan fingerprint density at radius 1 is 1.19 bits per heavy atom. The molecule has 2 rings (SSSR count). The molecule has 0 spiro atoms. The van der Waals surface area contributed by atoms with Crippen LogP contribution in [0.1, 0.15) is 5.76 Å². The van der Waals surface area contributed by atoms with Gasteiger partial charge in [-0.1, -0.05) is 40.0 Å². The topological polar surface area (TPSA) is 52.0 Å². The highest BCUT2D eigenvalue weighted by Gasteiger charge is 2.15. The smallest absolute Gasteiger partial charge is 0.150 e. The molecule has 0 amide bonds. The molecule has 1 aromatic heterocycles. The number of hydrogen-bond acceptors (Lipinski definition) is 3. The van der Waals surface area contributed by atoms with Crippen LogP contribution in [0.3, 0.4) is 0 Å². The first-order valence-electron chi connectivity index (χ1n) is 4.43. The second kappa shape index (κ2) is 4.63. The molecule has 84 valence electrons. The Balaban J connectivity index is 2.58. The van der Waals surface area contributed by atoms with Gasteiger partial charge in [0, 0.05) is 11.6 Å². The summed E-state index contributed by atoms with van der Waals surface area (Å²) in [5, 5.41) is 5.07. The van der Waals surface area contributed by atoms with E-state index in [1.54, 1.807) is 18.2 Å². The summed E-state index contributed by atoms with van der Waals surface area (Å²) in [5.41, 5.74) is 6.50. The molecule has 0 radical (unpaired) electrons. The standard InChI is InChI=1S/C10H7Cl3N2O/c11-6-1-2-7(12)10(13)9(6)8-3-5(4-14)16-15-8/h1-3H,4,14H2. The van der Waals surface area contributed by atoms with Gasteiger partial charge in [-0.3, -0.25) is 0 Å². The largest absolute Gasteiger partial charge is 0.359 e. The molecule has 6 heteroatoms. The average molecular weight is 278 g/mol. The third kappa shape index (κ3) is 2.04. The molecule has 1 heterocycles. The van der Waals surface area contributed by atoms with Gasteiger partial charge in [-0.2, -0.15) is 0 Å². The van der Waals surface area contributed by atoms with E-state index in [2.05, 4.69) is 5.16 Å². The van der Waals surface area contributed by atoms with E-state index in [-0.39, 0.29) is 6.54 Å². The minimum Gasteiger partial charge on any atom is -0.359 e. The highest BCUT2D eigenvalue weighted by atomic mass is 35.5. The molecule has 0 fully saturated rings. The van der Waals surface area contributed by atoms with Crippen molar-refractivity contribution in [2.75, 3.05) is 0 Å². The molecule has 0 aliphatic rings. The van der Waals surface area contributed by atoms with Crippen molar-refractivity contribution in [1.82, 2.24) is 5.16 Å². The fourth-order valence-electron chi connectivity index (χ4n) is 1.29. The van der Waals surface area contributed by atoms with Crippen LogP contribution in [-0.2, 0) is 6.54 Å². The Hall–Kier alpha value is -0.740. The molecule has 0 saturated heterocycles. The molecule has 0 bridgehead atoms. The van der Waals surface area contributed by atoms with Crippen LogP contribution in [0.2, 0.25) is 15.1 Å². The first-order chi connectivity index (χ1) is 7.63. The molecule has 16 heavy (non-hydrogen) atoms. The van der Waals surface area contributed by atoms with Crippen molar-refractivity contribution in [2.24, 2.45) is 5.73 Å². The summed E-state index contributed by atoms with van der Waals surface area (Å²) >= 11 is 18.0. The minimum absolute atomic E-state index is 0.267. The van der Waals surface area contributed by atoms with Gasteiger partial charge in [-0.25, -0.2) is 0 Å². The van der Waals surface area contributed by atoms with E-state index in [9.17, 15) is 0 Å². The predicted octanol–water partition coefficient (Wildman–Crippen LogP) is 3.76. The number of rotatable bonds is 2. The van der Waals surface area contributed by atoms with Crippen molar-refractivity contribution in [3.8, 4) is 11.3 Å². The van der Waals surface area contributed by atoms with E-state index in [1.165, 1.54) is 0 Å². The summed E-state index contributed by atoms with van der Waals surface area (Å²) in [6.45, 7) is 0.267. The lowest BCUT2D eigenvalue weighted by Gasteiger charge is -2.04. The summed E-state index contributed by atoms with van der Waals surface area (Å²) < 4.78 is 4.98. The third-order valence-electron chi connectivity index (χ3n) is 2.06. The Kier molecular flexibility index (Phi) is 3.40. The number of halogens is 3. The molecule has 0 aliphatic carbocycles. The van der Waals surface area contributed by atoms with E-state index in [0.29, 0.717) is 32.1 Å². The maximum absolute atomic E-state index is 6.06. The first kappa shape index (κ1) is 11.7. The van der Waals surface area contributed by atoms with Crippen molar-refractivity contribution < 1.29 is 4.52 Å². The van der Waals surface area contributed by atoms with Gasteiger partial charge in [-0.15, -0.1) is 0 Å². The van der Waals surface area contributed by atoms with E-state index < -0.39 is 0 Å². The van der Waals surface area contributed by atoms with Crippen molar-refractivity contribution in [1.29, 1.82) is 0 Å². The van der Waals surface area contributed by atoms with E-state index >= 15 is 0 Å². The van der Waals surface area contributed by atoms with Crippen LogP contribution in [0.25, 0.3) is 11.3 Å². The van der Waals surface area contributed by atoms with Crippen LogP contribution < -0.4 is 5.73 Å². The highest BCUT2D eigenvalue weighted by molar-refractivity contribution is 6.46. The zero-order valence-electron chi connectivity index (χ0n) is 8.01. The van der Waals surface area contributed by atoms with Gasteiger partial charge in [0.1, 0.15) is 5.69 Å². The van der Waals surface area contributed by atoms with E-state index in [1.807, 2.05) is 0 Å². The van der Waals surface area contributed by atoms with Crippen molar-refractivity contribution in [3.63, 3.8) is 0 Å². The fraction of sp³-hybridized carbons (Fsp3) is 0.100. The summed E-state index contributed by atoms with van der Waals surface area (Å²) in [6, 6.07) is 4.96. The monoisotopic (exact) mass is 276 g/mol. The molecule has 0 unspecified atom stereocenters. The second-order valence-electron chi connectivity index (χ2n) is 3.10. The summed E-state index contributed by atoms with van der Waals surface area (Å²) in [5.74, 6) is 0.558. The molecule has 0 aliphatic heterocycles. The van der Waals surface area contributed by atoms with Crippen LogP contribution in [-0.4, -0.2) is 5.16 Å². The Morgan fingerprint density at radius 2 is 1.88 bits per heavy atom. The Bertz CT molecular complexity index is 525. The molecular formula is C10H7Cl3N2O. The minimum atomic E-state index is 0.267. The summed E-state index contributed by atoms with van der Waals surface area (Å²) in [7, 11) is 0. The molecular weight excluding hydrogens is 270 g/mol. The van der Waals surface area contributed by atoms with Crippen molar-refractivity contribution >= 4 is 34.8 Å². The SMILES string of the molecule is NCc1cc(-c2c(Cl)ccc(Cl)c2Cl)no1. The maximum Gasteiger partial charge on any atom is 0.150 e. The van der Waals surface area contributed by atoms with Crippen LogP contribution in [0.4, 0.5) is 0 Å². The van der Waals surface area contributed by atoms with Gasteiger partial charge < -0.3 is 10.3 Å². The predicted molar refractivity (Wildman–Crippen MR) is 64.9 cm³/mol. The lowest BCUT2D eigenvalue weighted by molar-refractivity contribution is 0.387. The van der Waals surface area contributed by atoms with Gasteiger partial charge in [0.15, 0.2) is 5.76 Å². The number of nitrogens with two attached hydrogens (primary N) is 1. The number of hydrogen-bond donors (Lipinski definition) is 1. The Morgan fingerprint density at radius 3 is 2.50 bits per heavy atom. The van der Waals surface area contributed by atoms with Gasteiger partial charge in [-0.05, 0) is 12.1 Å². The van der Waals surface area contributed by atoms with Crippen LogP contribution >= 0.6 is 34.8 Å². The molecule has 1 aromatic carbocycles. The zero-order chi connectivity index (χ0) is 11.7. The normalized spacial score (nSPS) is 10.8.